The molecule has 0 bridgehead atoms. The van der Waals surface area contributed by atoms with Gasteiger partial charge in [-0.05, 0) is 89.5 Å². The van der Waals surface area contributed by atoms with Crippen LogP contribution in [-0.2, 0) is 28.6 Å². The minimum atomic E-state index is -0.0875. The van der Waals surface area contributed by atoms with E-state index < -0.39 is 0 Å². The van der Waals surface area contributed by atoms with Crippen molar-refractivity contribution < 1.29 is 28.6 Å². The van der Waals surface area contributed by atoms with Gasteiger partial charge in [-0.3, -0.25) is 14.4 Å². The van der Waals surface area contributed by atoms with Crippen molar-refractivity contribution in [1.82, 2.24) is 5.32 Å². The molecule has 0 saturated heterocycles. The van der Waals surface area contributed by atoms with E-state index in [1.54, 1.807) is 0 Å². The zero-order chi connectivity index (χ0) is 40.5. The van der Waals surface area contributed by atoms with Crippen molar-refractivity contribution >= 4 is 17.9 Å². The zero-order valence-electron chi connectivity index (χ0n) is 37.3. The van der Waals surface area contributed by atoms with Gasteiger partial charge in [-0.15, -0.1) is 0 Å². The van der Waals surface area contributed by atoms with E-state index in [0.717, 1.165) is 45.1 Å². The van der Waals surface area contributed by atoms with Gasteiger partial charge in [-0.1, -0.05) is 156 Å². The summed E-state index contributed by atoms with van der Waals surface area (Å²) in [6.07, 6.45) is 36.9. The van der Waals surface area contributed by atoms with E-state index in [1.807, 2.05) is 6.92 Å². The number of esters is 3. The normalized spacial score (nSPS) is 12.5. The summed E-state index contributed by atoms with van der Waals surface area (Å²) in [4.78, 5) is 36.5. The van der Waals surface area contributed by atoms with Crippen molar-refractivity contribution in [2.45, 2.75) is 253 Å². The van der Waals surface area contributed by atoms with Gasteiger partial charge in [0.1, 0.15) is 0 Å². The standard InChI is InChI=1S/C48H93NO6/c1-6-11-15-24-34-44(33-14-9-4)42-55-48(52)38-28-23-19-17-21-26-36-45(49-40-30-29-39-46(50)53-10-5)35-25-20-16-18-22-27-37-47(51)54-41-43(31-12-7-2)32-13-8-3/h43-45,49H,6-42H2,1-5H3. The molecule has 0 aliphatic carbocycles. The van der Waals surface area contributed by atoms with Crippen LogP contribution in [0.4, 0.5) is 0 Å². The molecule has 2 atom stereocenters. The molecule has 7 nitrogen and oxygen atoms in total. The highest BCUT2D eigenvalue weighted by Gasteiger charge is 2.14. The van der Waals surface area contributed by atoms with E-state index in [2.05, 4.69) is 33.0 Å². The minimum Gasteiger partial charge on any atom is -0.466 e. The van der Waals surface area contributed by atoms with Crippen molar-refractivity contribution in [2.75, 3.05) is 26.4 Å². The molecule has 0 saturated carbocycles. The van der Waals surface area contributed by atoms with Crippen molar-refractivity contribution in [2.24, 2.45) is 11.8 Å². The maximum atomic E-state index is 12.4. The van der Waals surface area contributed by atoms with E-state index in [4.69, 9.17) is 14.2 Å². The number of carbonyl (C=O) groups excluding carboxylic acids is 3. The number of nitrogens with one attached hydrogen (secondary N) is 1. The molecule has 0 spiro atoms. The average Bonchev–Trinajstić information content (AvgIpc) is 3.18. The van der Waals surface area contributed by atoms with Gasteiger partial charge in [0.15, 0.2) is 0 Å². The van der Waals surface area contributed by atoms with E-state index >= 15 is 0 Å². The molecule has 0 rings (SSSR count). The summed E-state index contributed by atoms with van der Waals surface area (Å²) in [5.41, 5.74) is 0. The SMILES string of the molecule is CCCCCCC(CCCC)COC(=O)CCCCCCCCC(CCCCCCCCC(=O)OCC(CCCC)CCCC)NCCCCC(=O)OCC. The van der Waals surface area contributed by atoms with Crippen LogP contribution in [0.1, 0.15) is 247 Å². The van der Waals surface area contributed by atoms with Crippen molar-refractivity contribution in [3.8, 4) is 0 Å². The van der Waals surface area contributed by atoms with E-state index in [1.165, 1.54) is 154 Å². The highest BCUT2D eigenvalue weighted by Crippen LogP contribution is 2.20. The second-order valence-corrected chi connectivity index (χ2v) is 16.6. The van der Waals surface area contributed by atoms with E-state index in [0.29, 0.717) is 57.0 Å². The third kappa shape index (κ3) is 37.7. The highest BCUT2D eigenvalue weighted by atomic mass is 16.5. The zero-order valence-corrected chi connectivity index (χ0v) is 37.3. The molecule has 0 aromatic heterocycles. The van der Waals surface area contributed by atoms with Crippen molar-refractivity contribution in [1.29, 1.82) is 0 Å². The van der Waals surface area contributed by atoms with Crippen LogP contribution in [0.15, 0.2) is 0 Å². The number of hydrogen-bond acceptors (Lipinski definition) is 7. The molecule has 0 aliphatic heterocycles. The molecule has 55 heavy (non-hydrogen) atoms. The minimum absolute atomic E-state index is 0.00444. The summed E-state index contributed by atoms with van der Waals surface area (Å²) in [5.74, 6) is 0.962. The molecule has 1 N–H and O–H groups in total. The van der Waals surface area contributed by atoms with Gasteiger partial charge in [0.05, 0.1) is 19.8 Å². The summed E-state index contributed by atoms with van der Waals surface area (Å²) < 4.78 is 16.5. The molecule has 0 fully saturated rings. The fourth-order valence-corrected chi connectivity index (χ4v) is 7.54. The Labute approximate surface area is 341 Å². The molecular weight excluding hydrogens is 687 g/mol. The van der Waals surface area contributed by atoms with Gasteiger partial charge in [0, 0.05) is 25.3 Å². The van der Waals surface area contributed by atoms with Crippen LogP contribution in [0.25, 0.3) is 0 Å². The summed E-state index contributed by atoms with van der Waals surface area (Å²) >= 11 is 0. The molecular formula is C48H93NO6. The summed E-state index contributed by atoms with van der Waals surface area (Å²) in [7, 11) is 0. The molecule has 0 radical (unpaired) electrons. The fraction of sp³-hybridized carbons (Fsp3) is 0.938. The number of carbonyl (C=O) groups is 3. The third-order valence-corrected chi connectivity index (χ3v) is 11.2. The Balaban J connectivity index is 4.28. The van der Waals surface area contributed by atoms with E-state index in [-0.39, 0.29) is 17.9 Å². The van der Waals surface area contributed by atoms with Gasteiger partial charge in [0.25, 0.3) is 0 Å². The van der Waals surface area contributed by atoms with Crippen LogP contribution in [0.5, 0.6) is 0 Å². The Kier molecular flexibility index (Phi) is 40.7. The molecule has 0 aromatic carbocycles. The number of hydrogen-bond donors (Lipinski definition) is 1. The van der Waals surface area contributed by atoms with Crippen LogP contribution in [0.2, 0.25) is 0 Å². The number of ether oxygens (including phenoxy) is 3. The van der Waals surface area contributed by atoms with Crippen LogP contribution in [0, 0.1) is 11.8 Å². The first kappa shape index (κ1) is 53.4. The van der Waals surface area contributed by atoms with Crippen LogP contribution in [0.3, 0.4) is 0 Å². The Morgan fingerprint density at radius 3 is 1.16 bits per heavy atom. The summed E-state index contributed by atoms with van der Waals surface area (Å²) in [5, 5.41) is 3.81. The molecule has 0 aliphatic rings. The van der Waals surface area contributed by atoms with Gasteiger partial charge in [-0.25, -0.2) is 0 Å². The Bertz CT molecular complexity index is 842. The topological polar surface area (TPSA) is 90.9 Å². The number of rotatable bonds is 43. The molecule has 0 amide bonds. The molecule has 0 aromatic rings. The second kappa shape index (κ2) is 42.0. The van der Waals surface area contributed by atoms with Crippen molar-refractivity contribution in [3.05, 3.63) is 0 Å². The van der Waals surface area contributed by atoms with E-state index in [9.17, 15) is 14.4 Å². The molecule has 7 heteroatoms. The first-order valence-corrected chi connectivity index (χ1v) is 24.1. The van der Waals surface area contributed by atoms with Gasteiger partial charge in [-0.2, -0.15) is 0 Å². The Hall–Kier alpha value is -1.63. The summed E-state index contributed by atoms with van der Waals surface area (Å²) in [6, 6.07) is 0.526. The van der Waals surface area contributed by atoms with Crippen molar-refractivity contribution in [3.63, 3.8) is 0 Å². The fourth-order valence-electron chi connectivity index (χ4n) is 7.54. The molecule has 2 unspecified atom stereocenters. The molecule has 0 heterocycles. The smallest absolute Gasteiger partial charge is 0.305 e. The Morgan fingerprint density at radius 2 is 0.727 bits per heavy atom. The average molecular weight is 780 g/mol. The first-order valence-electron chi connectivity index (χ1n) is 24.1. The highest BCUT2D eigenvalue weighted by molar-refractivity contribution is 5.69. The van der Waals surface area contributed by atoms with Gasteiger partial charge < -0.3 is 19.5 Å². The maximum Gasteiger partial charge on any atom is 0.305 e. The third-order valence-electron chi connectivity index (χ3n) is 11.2. The quantitative estimate of drug-likeness (QED) is 0.0374. The maximum absolute atomic E-state index is 12.4. The monoisotopic (exact) mass is 780 g/mol. The lowest BCUT2D eigenvalue weighted by Gasteiger charge is -2.19. The number of unbranched alkanes of at least 4 members (excludes halogenated alkanes) is 17. The summed E-state index contributed by atoms with van der Waals surface area (Å²) in [6.45, 7) is 13.4. The lowest BCUT2D eigenvalue weighted by Crippen LogP contribution is -2.30. The van der Waals surface area contributed by atoms with Crippen LogP contribution >= 0.6 is 0 Å². The predicted molar refractivity (Wildman–Crippen MR) is 232 cm³/mol. The largest absolute Gasteiger partial charge is 0.466 e. The van der Waals surface area contributed by atoms with Crippen LogP contribution < -0.4 is 5.32 Å². The lowest BCUT2D eigenvalue weighted by molar-refractivity contribution is -0.146. The Morgan fingerprint density at radius 1 is 0.382 bits per heavy atom. The lowest BCUT2D eigenvalue weighted by atomic mass is 9.96. The molecule has 326 valence electrons. The first-order chi connectivity index (χ1) is 26.9. The predicted octanol–water partition coefficient (Wildman–Crippen LogP) is 13.8. The van der Waals surface area contributed by atoms with Gasteiger partial charge >= 0.3 is 17.9 Å². The van der Waals surface area contributed by atoms with Crippen LogP contribution in [-0.4, -0.2) is 50.3 Å². The van der Waals surface area contributed by atoms with Gasteiger partial charge in [0.2, 0.25) is 0 Å². The second-order valence-electron chi connectivity index (χ2n) is 16.6.